The third-order valence-corrected chi connectivity index (χ3v) is 3.41. The van der Waals surface area contributed by atoms with E-state index >= 15 is 0 Å². The molecule has 0 aliphatic carbocycles. The lowest BCUT2D eigenvalue weighted by molar-refractivity contribution is -0.121. The van der Waals surface area contributed by atoms with Crippen LogP contribution in [-0.4, -0.2) is 30.9 Å². The van der Waals surface area contributed by atoms with Gasteiger partial charge < -0.3 is 16.0 Å². The molecular formula is C15H22ClN3O2. The molecule has 0 saturated heterocycles. The van der Waals surface area contributed by atoms with Gasteiger partial charge in [-0.15, -0.1) is 12.4 Å². The first kappa shape index (κ1) is 17.5. The molecule has 1 aromatic rings. The Kier molecular flexibility index (Phi) is 6.65. The quantitative estimate of drug-likeness (QED) is 0.830. The number of nitrogens with two attached hydrogens (primary N) is 1. The molecule has 21 heavy (non-hydrogen) atoms. The Morgan fingerprint density at radius 1 is 1.43 bits per heavy atom. The fraction of sp³-hybridized carbons (Fsp3) is 0.467. The molecule has 0 radical (unpaired) electrons. The van der Waals surface area contributed by atoms with Crippen LogP contribution in [0.25, 0.3) is 0 Å². The third-order valence-electron chi connectivity index (χ3n) is 3.41. The van der Waals surface area contributed by atoms with Crippen molar-refractivity contribution in [2.75, 3.05) is 18.0 Å². The molecule has 5 nitrogen and oxygen atoms in total. The fourth-order valence-corrected chi connectivity index (χ4v) is 2.32. The molecule has 0 spiro atoms. The van der Waals surface area contributed by atoms with E-state index in [1.807, 2.05) is 31.2 Å². The highest BCUT2D eigenvalue weighted by Crippen LogP contribution is 2.27. The number of halogens is 1. The second kappa shape index (κ2) is 8.00. The van der Waals surface area contributed by atoms with Gasteiger partial charge in [-0.1, -0.05) is 18.2 Å². The van der Waals surface area contributed by atoms with Crippen LogP contribution in [0.4, 0.5) is 5.69 Å². The molecule has 116 valence electrons. The molecule has 3 N–H and O–H groups in total. The molecule has 1 aliphatic rings. The van der Waals surface area contributed by atoms with Gasteiger partial charge in [0.2, 0.25) is 11.8 Å². The Hall–Kier alpha value is -1.59. The number of hydrogen-bond donors (Lipinski definition) is 2. The molecule has 2 rings (SSSR count). The summed E-state index contributed by atoms with van der Waals surface area (Å²) in [6.45, 7) is 2.87. The number of amides is 2. The minimum Gasteiger partial charge on any atom is -0.354 e. The molecule has 0 aromatic heterocycles. The Bertz CT molecular complexity index is 505. The summed E-state index contributed by atoms with van der Waals surface area (Å²) >= 11 is 0. The molecule has 1 aromatic carbocycles. The predicted octanol–water partition coefficient (Wildman–Crippen LogP) is 1.24. The zero-order valence-corrected chi connectivity index (χ0v) is 13.0. The first-order chi connectivity index (χ1) is 9.58. The minimum atomic E-state index is -0.0118. The first-order valence-corrected chi connectivity index (χ1v) is 6.98. The van der Waals surface area contributed by atoms with Gasteiger partial charge in [0, 0.05) is 31.2 Å². The van der Waals surface area contributed by atoms with E-state index in [1.54, 1.807) is 4.90 Å². The van der Waals surface area contributed by atoms with Crippen molar-refractivity contribution in [3.63, 3.8) is 0 Å². The number of carbonyl (C=O) groups excluding carboxylic acids is 2. The van der Waals surface area contributed by atoms with E-state index in [1.165, 1.54) is 0 Å². The van der Waals surface area contributed by atoms with Gasteiger partial charge in [-0.05, 0) is 25.0 Å². The number of rotatable bonds is 6. The van der Waals surface area contributed by atoms with Crippen molar-refractivity contribution in [1.29, 1.82) is 0 Å². The number of fused-ring (bicyclic) bond motifs is 1. The Morgan fingerprint density at radius 2 is 2.14 bits per heavy atom. The number of nitrogens with zero attached hydrogens (tertiary/aromatic N) is 1. The molecule has 6 heteroatoms. The van der Waals surface area contributed by atoms with Crippen molar-refractivity contribution in [3.8, 4) is 0 Å². The summed E-state index contributed by atoms with van der Waals surface area (Å²) in [7, 11) is 0. The van der Waals surface area contributed by atoms with Crippen LogP contribution in [0.15, 0.2) is 24.3 Å². The van der Waals surface area contributed by atoms with Gasteiger partial charge in [-0.3, -0.25) is 9.59 Å². The van der Waals surface area contributed by atoms with Crippen molar-refractivity contribution in [2.45, 2.75) is 32.2 Å². The lowest BCUT2D eigenvalue weighted by Crippen LogP contribution is -2.36. The number of nitrogens with one attached hydrogen (secondary N) is 1. The molecule has 2 amide bonds. The molecule has 1 unspecified atom stereocenters. The van der Waals surface area contributed by atoms with E-state index in [4.69, 9.17) is 5.73 Å². The summed E-state index contributed by atoms with van der Waals surface area (Å²) in [6, 6.07) is 7.80. The summed E-state index contributed by atoms with van der Waals surface area (Å²) in [5, 5.41) is 2.83. The maximum Gasteiger partial charge on any atom is 0.231 e. The second-order valence-corrected chi connectivity index (χ2v) is 5.22. The van der Waals surface area contributed by atoms with Crippen LogP contribution in [-0.2, 0) is 16.0 Å². The molecular weight excluding hydrogens is 290 g/mol. The highest BCUT2D eigenvalue weighted by atomic mass is 35.5. The maximum atomic E-state index is 11.9. The SMILES string of the molecule is CC(N)CCC(=O)NCCN1C(=O)Cc2ccccc21.Cl. The van der Waals surface area contributed by atoms with Gasteiger partial charge in [0.25, 0.3) is 0 Å². The van der Waals surface area contributed by atoms with Crippen LogP contribution < -0.4 is 16.0 Å². The van der Waals surface area contributed by atoms with Gasteiger partial charge in [0.15, 0.2) is 0 Å². The Morgan fingerprint density at radius 3 is 2.86 bits per heavy atom. The van der Waals surface area contributed by atoms with Crippen molar-refractivity contribution >= 4 is 29.9 Å². The van der Waals surface area contributed by atoms with Gasteiger partial charge >= 0.3 is 0 Å². The summed E-state index contributed by atoms with van der Waals surface area (Å²) in [5.74, 6) is 0.0817. The number of benzene rings is 1. The van der Waals surface area contributed by atoms with E-state index in [2.05, 4.69) is 5.32 Å². The summed E-state index contributed by atoms with van der Waals surface area (Å²) in [4.78, 5) is 25.2. The van der Waals surface area contributed by atoms with E-state index in [0.29, 0.717) is 32.4 Å². The average Bonchev–Trinajstić information content (AvgIpc) is 2.73. The molecule has 1 atom stereocenters. The minimum absolute atomic E-state index is 0. The average molecular weight is 312 g/mol. The fourth-order valence-electron chi connectivity index (χ4n) is 2.32. The van der Waals surface area contributed by atoms with Crippen LogP contribution in [0.3, 0.4) is 0 Å². The van der Waals surface area contributed by atoms with E-state index in [9.17, 15) is 9.59 Å². The number of hydrogen-bond acceptors (Lipinski definition) is 3. The van der Waals surface area contributed by atoms with Gasteiger partial charge in [0.1, 0.15) is 0 Å². The monoisotopic (exact) mass is 311 g/mol. The second-order valence-electron chi connectivity index (χ2n) is 5.22. The van der Waals surface area contributed by atoms with E-state index in [0.717, 1.165) is 11.3 Å². The maximum absolute atomic E-state index is 11.9. The van der Waals surface area contributed by atoms with E-state index < -0.39 is 0 Å². The smallest absolute Gasteiger partial charge is 0.231 e. The van der Waals surface area contributed by atoms with Gasteiger partial charge in [-0.2, -0.15) is 0 Å². The van der Waals surface area contributed by atoms with Gasteiger partial charge in [-0.25, -0.2) is 0 Å². The van der Waals surface area contributed by atoms with Crippen molar-refractivity contribution < 1.29 is 9.59 Å². The Labute approximate surface area is 131 Å². The summed E-state index contributed by atoms with van der Waals surface area (Å²) < 4.78 is 0. The lowest BCUT2D eigenvalue weighted by atomic mass is 10.2. The van der Waals surface area contributed by atoms with Crippen LogP contribution in [0, 0.1) is 0 Å². The largest absolute Gasteiger partial charge is 0.354 e. The molecule has 0 bridgehead atoms. The van der Waals surface area contributed by atoms with Crippen molar-refractivity contribution in [2.24, 2.45) is 5.73 Å². The number of anilines is 1. The first-order valence-electron chi connectivity index (χ1n) is 6.98. The third kappa shape index (κ3) is 4.72. The highest BCUT2D eigenvalue weighted by molar-refractivity contribution is 6.01. The zero-order chi connectivity index (χ0) is 14.5. The normalized spacial score (nSPS) is 14.4. The van der Waals surface area contributed by atoms with Gasteiger partial charge in [0.05, 0.1) is 6.42 Å². The molecule has 1 heterocycles. The zero-order valence-electron chi connectivity index (χ0n) is 12.2. The standard InChI is InChI=1S/C15H21N3O2.ClH/c1-11(16)6-7-14(19)17-8-9-18-13-5-3-2-4-12(13)10-15(18)20;/h2-5,11H,6-10,16H2,1H3,(H,17,19);1H. The van der Waals surface area contributed by atoms with Crippen LogP contribution in [0.2, 0.25) is 0 Å². The van der Waals surface area contributed by atoms with Crippen LogP contribution >= 0.6 is 12.4 Å². The van der Waals surface area contributed by atoms with E-state index in [-0.39, 0.29) is 30.3 Å². The summed E-state index contributed by atoms with van der Waals surface area (Å²) in [5.41, 5.74) is 7.62. The van der Waals surface area contributed by atoms with Crippen LogP contribution in [0.1, 0.15) is 25.3 Å². The molecule has 0 fully saturated rings. The molecule has 0 saturated carbocycles. The summed E-state index contributed by atoms with van der Waals surface area (Å²) in [6.07, 6.45) is 1.56. The number of carbonyl (C=O) groups is 2. The van der Waals surface area contributed by atoms with Crippen molar-refractivity contribution in [3.05, 3.63) is 29.8 Å². The van der Waals surface area contributed by atoms with Crippen LogP contribution in [0.5, 0.6) is 0 Å². The number of para-hydroxylation sites is 1. The van der Waals surface area contributed by atoms with Crippen molar-refractivity contribution in [1.82, 2.24) is 5.32 Å². The Balaban J connectivity index is 0.00000220. The topological polar surface area (TPSA) is 75.4 Å². The highest BCUT2D eigenvalue weighted by Gasteiger charge is 2.26. The predicted molar refractivity (Wildman–Crippen MR) is 85.6 cm³/mol. The molecule has 1 aliphatic heterocycles. The lowest BCUT2D eigenvalue weighted by Gasteiger charge is -2.17.